The molecule has 1 heterocycles. The molecule has 0 amide bonds. The van der Waals surface area contributed by atoms with E-state index in [1.165, 1.54) is 21.9 Å². The summed E-state index contributed by atoms with van der Waals surface area (Å²) >= 11 is 1.69. The van der Waals surface area contributed by atoms with Crippen LogP contribution in [0.4, 0.5) is 10.1 Å². The van der Waals surface area contributed by atoms with Crippen molar-refractivity contribution in [3.05, 3.63) is 52.0 Å². The third-order valence-corrected chi connectivity index (χ3v) is 3.34. The van der Waals surface area contributed by atoms with Gasteiger partial charge < -0.3 is 11.1 Å². The Balaban J connectivity index is 1.94. The summed E-state index contributed by atoms with van der Waals surface area (Å²) in [5.74, 6) is -0.216. The fraction of sp³-hybridized carbons (Fsp3) is 0.167. The minimum Gasteiger partial charge on any atom is -0.380 e. The molecule has 3 N–H and O–H groups in total. The normalized spacial score (nSPS) is 10.4. The molecule has 4 heteroatoms. The van der Waals surface area contributed by atoms with Crippen LogP contribution in [0.25, 0.3) is 0 Å². The van der Waals surface area contributed by atoms with Gasteiger partial charge in [-0.15, -0.1) is 11.3 Å². The van der Waals surface area contributed by atoms with Gasteiger partial charge in [-0.05, 0) is 36.4 Å². The molecular formula is C12H13FN2S. The van der Waals surface area contributed by atoms with Gasteiger partial charge in [0.2, 0.25) is 0 Å². The number of nitrogens with two attached hydrogens (primary N) is 1. The molecular weight excluding hydrogens is 223 g/mol. The Hall–Kier alpha value is -1.39. The molecule has 2 rings (SSSR count). The monoisotopic (exact) mass is 236 g/mol. The summed E-state index contributed by atoms with van der Waals surface area (Å²) in [6, 6.07) is 10.4. The second-order valence-electron chi connectivity index (χ2n) is 3.43. The smallest absolute Gasteiger partial charge is 0.123 e. The summed E-state index contributed by atoms with van der Waals surface area (Å²) in [4.78, 5) is 2.40. The lowest BCUT2D eigenvalue weighted by atomic mass is 10.3. The van der Waals surface area contributed by atoms with Gasteiger partial charge in [-0.2, -0.15) is 0 Å². The highest BCUT2D eigenvalue weighted by molar-refractivity contribution is 7.11. The van der Waals surface area contributed by atoms with Crippen LogP contribution in [-0.4, -0.2) is 0 Å². The topological polar surface area (TPSA) is 38.0 Å². The Labute approximate surface area is 97.9 Å². The molecule has 0 aliphatic carbocycles. The highest BCUT2D eigenvalue weighted by atomic mass is 32.1. The van der Waals surface area contributed by atoms with Gasteiger partial charge in [0.15, 0.2) is 0 Å². The minimum absolute atomic E-state index is 0.216. The van der Waals surface area contributed by atoms with Crippen molar-refractivity contribution >= 4 is 17.0 Å². The van der Waals surface area contributed by atoms with E-state index in [1.54, 1.807) is 23.5 Å². The maximum absolute atomic E-state index is 12.7. The molecule has 16 heavy (non-hydrogen) atoms. The van der Waals surface area contributed by atoms with Crippen LogP contribution in [0.1, 0.15) is 9.75 Å². The third-order valence-electron chi connectivity index (χ3n) is 2.23. The fourth-order valence-corrected chi connectivity index (χ4v) is 2.22. The van der Waals surface area contributed by atoms with Gasteiger partial charge in [-0.3, -0.25) is 0 Å². The molecule has 0 radical (unpaired) electrons. The van der Waals surface area contributed by atoms with Crippen LogP contribution in [-0.2, 0) is 13.1 Å². The molecule has 2 nitrogen and oxygen atoms in total. The number of anilines is 1. The molecule has 2 aromatic rings. The first-order valence-electron chi connectivity index (χ1n) is 5.05. The van der Waals surface area contributed by atoms with E-state index < -0.39 is 0 Å². The minimum atomic E-state index is -0.216. The number of hydrogen-bond acceptors (Lipinski definition) is 3. The van der Waals surface area contributed by atoms with Crippen LogP contribution < -0.4 is 11.1 Å². The summed E-state index contributed by atoms with van der Waals surface area (Å²) < 4.78 is 12.7. The average molecular weight is 236 g/mol. The number of hydrogen-bond donors (Lipinski definition) is 2. The van der Waals surface area contributed by atoms with E-state index in [9.17, 15) is 4.39 Å². The zero-order chi connectivity index (χ0) is 11.4. The summed E-state index contributed by atoms with van der Waals surface area (Å²) in [7, 11) is 0. The van der Waals surface area contributed by atoms with E-state index in [0.29, 0.717) is 6.54 Å². The van der Waals surface area contributed by atoms with Gasteiger partial charge in [0, 0.05) is 28.5 Å². The van der Waals surface area contributed by atoms with Crippen molar-refractivity contribution in [1.82, 2.24) is 0 Å². The molecule has 0 saturated carbocycles. The van der Waals surface area contributed by atoms with E-state index in [1.807, 2.05) is 6.07 Å². The van der Waals surface area contributed by atoms with Crippen molar-refractivity contribution in [3.8, 4) is 0 Å². The quantitative estimate of drug-likeness (QED) is 0.856. The first kappa shape index (κ1) is 11.1. The first-order chi connectivity index (χ1) is 7.78. The SMILES string of the molecule is NCc1ccc(CNc2ccc(F)cc2)s1. The highest BCUT2D eigenvalue weighted by Crippen LogP contribution is 2.17. The van der Waals surface area contributed by atoms with Gasteiger partial charge in [0.25, 0.3) is 0 Å². The van der Waals surface area contributed by atoms with Gasteiger partial charge in [-0.25, -0.2) is 4.39 Å². The molecule has 0 saturated heterocycles. The average Bonchev–Trinajstić information content (AvgIpc) is 2.76. The highest BCUT2D eigenvalue weighted by Gasteiger charge is 1.98. The summed E-state index contributed by atoms with van der Waals surface area (Å²) in [6.07, 6.45) is 0. The lowest BCUT2D eigenvalue weighted by Gasteiger charge is -2.03. The number of rotatable bonds is 4. The Kier molecular flexibility index (Phi) is 3.54. The largest absolute Gasteiger partial charge is 0.380 e. The van der Waals surface area contributed by atoms with Gasteiger partial charge in [0.05, 0.1) is 0 Å². The van der Waals surface area contributed by atoms with Crippen LogP contribution >= 0.6 is 11.3 Å². The van der Waals surface area contributed by atoms with Crippen molar-refractivity contribution < 1.29 is 4.39 Å². The molecule has 0 bridgehead atoms. The molecule has 0 fully saturated rings. The van der Waals surface area contributed by atoms with E-state index in [-0.39, 0.29) is 5.82 Å². The Morgan fingerprint density at radius 3 is 2.38 bits per heavy atom. The number of halogens is 1. The van der Waals surface area contributed by atoms with Gasteiger partial charge in [0.1, 0.15) is 5.82 Å². The molecule has 1 aromatic carbocycles. The van der Waals surface area contributed by atoms with Crippen molar-refractivity contribution in [1.29, 1.82) is 0 Å². The fourth-order valence-electron chi connectivity index (χ4n) is 1.38. The maximum Gasteiger partial charge on any atom is 0.123 e. The number of thiophene rings is 1. The van der Waals surface area contributed by atoms with Crippen LogP contribution in [0.15, 0.2) is 36.4 Å². The Morgan fingerprint density at radius 2 is 1.75 bits per heavy atom. The van der Waals surface area contributed by atoms with Crippen LogP contribution in [0.2, 0.25) is 0 Å². The van der Waals surface area contributed by atoms with Crippen LogP contribution in [0, 0.1) is 5.82 Å². The molecule has 0 unspecified atom stereocenters. The van der Waals surface area contributed by atoms with Crippen molar-refractivity contribution in [2.45, 2.75) is 13.1 Å². The predicted octanol–water partition coefficient (Wildman–Crippen LogP) is 2.96. The van der Waals surface area contributed by atoms with Crippen LogP contribution in [0.5, 0.6) is 0 Å². The maximum atomic E-state index is 12.7. The van der Waals surface area contributed by atoms with Crippen molar-refractivity contribution in [2.75, 3.05) is 5.32 Å². The lowest BCUT2D eigenvalue weighted by molar-refractivity contribution is 0.628. The predicted molar refractivity (Wildman–Crippen MR) is 65.9 cm³/mol. The lowest BCUT2D eigenvalue weighted by Crippen LogP contribution is -1.97. The molecule has 84 valence electrons. The van der Waals surface area contributed by atoms with Crippen molar-refractivity contribution in [3.63, 3.8) is 0 Å². The second kappa shape index (κ2) is 5.09. The van der Waals surface area contributed by atoms with E-state index >= 15 is 0 Å². The molecule has 1 aromatic heterocycles. The molecule has 0 atom stereocenters. The molecule has 0 aliphatic rings. The molecule has 0 spiro atoms. The summed E-state index contributed by atoms with van der Waals surface area (Å²) in [5.41, 5.74) is 6.46. The van der Waals surface area contributed by atoms with Crippen molar-refractivity contribution in [2.24, 2.45) is 5.73 Å². The van der Waals surface area contributed by atoms with Gasteiger partial charge in [-0.1, -0.05) is 0 Å². The van der Waals surface area contributed by atoms with Crippen LogP contribution in [0.3, 0.4) is 0 Å². The number of benzene rings is 1. The summed E-state index contributed by atoms with van der Waals surface area (Å²) in [6.45, 7) is 1.33. The Bertz CT molecular complexity index is 450. The van der Waals surface area contributed by atoms with Gasteiger partial charge >= 0.3 is 0 Å². The second-order valence-corrected chi connectivity index (χ2v) is 4.69. The standard InChI is InChI=1S/C12H13FN2S/c13-9-1-3-10(4-2-9)15-8-12-6-5-11(7-14)16-12/h1-6,15H,7-8,14H2. The first-order valence-corrected chi connectivity index (χ1v) is 5.86. The third kappa shape index (κ3) is 2.81. The van der Waals surface area contributed by atoms with E-state index in [4.69, 9.17) is 5.73 Å². The zero-order valence-electron chi connectivity index (χ0n) is 8.74. The van der Waals surface area contributed by atoms with E-state index in [2.05, 4.69) is 11.4 Å². The number of nitrogens with one attached hydrogen (secondary N) is 1. The van der Waals surface area contributed by atoms with E-state index in [0.717, 1.165) is 12.2 Å². The zero-order valence-corrected chi connectivity index (χ0v) is 9.56. The Morgan fingerprint density at radius 1 is 1.06 bits per heavy atom. The molecule has 0 aliphatic heterocycles. The summed E-state index contributed by atoms with van der Waals surface area (Å²) in [5, 5.41) is 3.23.